The molecule has 52 heavy (non-hydrogen) atoms. The number of anilines is 1. The maximum atomic E-state index is 13.3. The second kappa shape index (κ2) is 17.9. The zero-order valence-corrected chi connectivity index (χ0v) is 34.5. The molecule has 0 saturated carbocycles. The molecule has 4 heterocycles. The summed E-state index contributed by atoms with van der Waals surface area (Å²) in [6, 6.07) is -2.10. The van der Waals surface area contributed by atoms with E-state index in [1.54, 1.807) is 0 Å². The Morgan fingerprint density at radius 2 is 1.88 bits per heavy atom. The number of amidine groups is 1. The summed E-state index contributed by atoms with van der Waals surface area (Å²) in [7, 11) is -5.22. The van der Waals surface area contributed by atoms with E-state index in [1.807, 2.05) is 18.7 Å². The van der Waals surface area contributed by atoms with Crippen molar-refractivity contribution in [1.82, 2.24) is 38.8 Å². The molecule has 270 valence electrons. The van der Waals surface area contributed by atoms with E-state index in [2.05, 4.69) is 29.9 Å². The number of nitrogens with two attached hydrogens (primary N) is 1. The van der Waals surface area contributed by atoms with Gasteiger partial charge in [0, 0.05) is 30.7 Å². The number of pyridine rings is 1. The molecule has 5 N–H and O–H groups in total. The van der Waals surface area contributed by atoms with Gasteiger partial charge in [-0.15, -0.1) is 20.8 Å². The third-order valence-corrected chi connectivity index (χ3v) is 8.95. The Morgan fingerprint density at radius 3 is 2.42 bits per heavy atom. The molecule has 0 radical (unpaired) electrons. The molecule has 0 aliphatic carbocycles. The largest absolute Gasteiger partial charge is 1.00 e. The van der Waals surface area contributed by atoms with E-state index in [1.165, 1.54) is 5.38 Å². The normalized spacial score (nSPS) is 15.1. The Labute approximate surface area is 343 Å². The number of rotatable bonds is 14. The van der Waals surface area contributed by atoms with Crippen LogP contribution in [0.25, 0.3) is 11.5 Å². The quantitative estimate of drug-likeness (QED) is 0.0388. The molecule has 4 rings (SSSR count). The molecule has 3 aromatic heterocycles. The van der Waals surface area contributed by atoms with Crippen LogP contribution >= 0.6 is 11.3 Å². The summed E-state index contributed by atoms with van der Waals surface area (Å²) in [6.45, 7) is 6.75. The number of carboxylic acid groups (broad SMARTS) is 1. The summed E-state index contributed by atoms with van der Waals surface area (Å²) < 4.78 is 30.3. The van der Waals surface area contributed by atoms with Gasteiger partial charge in [-0.25, -0.2) is 9.78 Å². The van der Waals surface area contributed by atoms with Gasteiger partial charge in [-0.1, -0.05) is 23.1 Å². The van der Waals surface area contributed by atoms with Crippen molar-refractivity contribution in [2.45, 2.75) is 45.9 Å². The van der Waals surface area contributed by atoms with Crippen molar-refractivity contribution in [1.29, 1.82) is 0 Å². The molecule has 0 bridgehead atoms. The number of aromatic hydroxyl groups is 1. The fourth-order valence-corrected chi connectivity index (χ4v) is 5.62. The average molecular weight is 784 g/mol. The van der Waals surface area contributed by atoms with Gasteiger partial charge in [-0.05, 0) is 26.9 Å². The molecular weight excluding hydrogens is 752 g/mol. The number of nitrogens with zero attached hydrogens (tertiary/aromatic N) is 8. The Kier molecular flexibility index (Phi) is 15.4. The zero-order chi connectivity index (χ0) is 37.1. The van der Waals surface area contributed by atoms with Crippen molar-refractivity contribution >= 4 is 56.2 Å². The molecule has 2 amide bonds. The van der Waals surface area contributed by atoms with Crippen LogP contribution in [0.4, 0.5) is 5.13 Å². The van der Waals surface area contributed by atoms with Crippen molar-refractivity contribution in [3.8, 4) is 17.3 Å². The Hall–Kier alpha value is -3.62. The third-order valence-electron chi connectivity index (χ3n) is 7.22. The number of nitrogen functional groups attached to an aromatic ring is 1. The molecule has 3 aromatic rings. The van der Waals surface area contributed by atoms with Gasteiger partial charge in [0.05, 0.1) is 24.2 Å². The number of hydrogen-bond acceptors (Lipinski definition) is 17. The van der Waals surface area contributed by atoms with E-state index in [4.69, 9.17) is 10.6 Å². The molecule has 0 aromatic carbocycles. The first-order chi connectivity index (χ1) is 23.4. The van der Waals surface area contributed by atoms with Crippen molar-refractivity contribution in [3.05, 3.63) is 44.0 Å². The molecular formula is C26H31N11Na2O11S2. The number of aliphatic carboxylic acids is 1. The van der Waals surface area contributed by atoms with Gasteiger partial charge < -0.3 is 50.8 Å². The Morgan fingerprint density at radius 1 is 1.23 bits per heavy atom. The molecule has 1 atom stereocenters. The minimum atomic E-state index is -5.22. The number of likely N-dealkylation sites (N-methyl/N-ethyl adjacent to an activating group) is 1. The van der Waals surface area contributed by atoms with E-state index in [0.717, 1.165) is 42.0 Å². The molecule has 0 spiro atoms. The number of aromatic nitrogens is 5. The van der Waals surface area contributed by atoms with Crippen LogP contribution in [0.1, 0.15) is 33.4 Å². The van der Waals surface area contributed by atoms with Crippen molar-refractivity contribution in [2.24, 2.45) is 9.55 Å². The first-order valence-corrected chi connectivity index (χ1v) is 16.9. The molecule has 0 unspecified atom stereocenters. The van der Waals surface area contributed by atoms with Crippen LogP contribution in [0.2, 0.25) is 0 Å². The molecule has 22 nitrogen and oxygen atoms in total. The van der Waals surface area contributed by atoms with E-state index in [0.29, 0.717) is 18.0 Å². The Bertz CT molecular complexity index is 2110. The first kappa shape index (κ1) is 44.5. The van der Waals surface area contributed by atoms with Crippen molar-refractivity contribution in [3.63, 3.8) is 0 Å². The monoisotopic (exact) mass is 783 g/mol. The van der Waals surface area contributed by atoms with E-state index >= 15 is 0 Å². The molecule has 1 aliphatic heterocycles. The number of aromatic amines is 1. The fourth-order valence-electron chi connectivity index (χ4n) is 4.22. The first-order valence-electron chi connectivity index (χ1n) is 14.6. The fraction of sp³-hybridized carbons (Fsp3) is 0.423. The van der Waals surface area contributed by atoms with E-state index in [9.17, 15) is 47.7 Å². The number of likely N-dealkylation sites (tertiary alicyclic amines) is 1. The molecule has 1 fully saturated rings. The summed E-state index contributed by atoms with van der Waals surface area (Å²) in [5, 5.41) is 44.7. The summed E-state index contributed by atoms with van der Waals surface area (Å²) in [4.78, 5) is 76.2. The maximum Gasteiger partial charge on any atom is 1.00 e. The zero-order valence-electron chi connectivity index (χ0n) is 28.8. The van der Waals surface area contributed by atoms with Crippen LogP contribution in [0.5, 0.6) is 5.75 Å². The Balaban J connectivity index is 0.00000468. The number of hydrogen-bond donors (Lipinski definition) is 4. The number of thiazole rings is 1. The number of oxime groups is 1. The van der Waals surface area contributed by atoms with Gasteiger partial charge in [0.2, 0.25) is 5.43 Å². The summed E-state index contributed by atoms with van der Waals surface area (Å²) in [6.07, 6.45) is 0.922. The molecule has 1 aliphatic rings. The number of β-lactam (4-membered cyclic amide) rings is 1. The summed E-state index contributed by atoms with van der Waals surface area (Å²) >= 11 is 0.919. The second-order valence-electron chi connectivity index (χ2n) is 11.0. The molecule has 1 saturated heterocycles. The predicted octanol–water partition coefficient (Wildman–Crippen LogP) is -10.4. The van der Waals surface area contributed by atoms with Gasteiger partial charge in [-0.3, -0.25) is 19.0 Å². The number of nitrogens with one attached hydrogen (secondary N) is 2. The van der Waals surface area contributed by atoms with E-state index in [-0.39, 0.29) is 98.6 Å². The number of carboxylic acids is 1. The number of carbonyl (C=O) groups is 3. The van der Waals surface area contributed by atoms with Crippen LogP contribution in [0, 0.1) is 0 Å². The van der Waals surface area contributed by atoms with E-state index < -0.39 is 74.8 Å². The number of carbonyl (C=O) groups excluding carboxylic acids is 3. The standard InChI is InChI=1S/C26H33N11O11S2.2Na/c1-5-34(6-2)7-8-35-19(13-9-16(38)17(39)10-28-13)31-37(25(35)45)50(46,47)33-24(44)36-11-14(21(36)41)29-20(40)18(15-12-49-23(27)30-15)32-48-26(3,4)22(42)43;;/h9-10,12,14,39H,5-8,11H2,1-4H3,(H2,27,30)(H,28,38)(H,29,40)(H,33,44)(H,42,43);;/q;2*+1/p-2/b32-18-;;/t14-;;/m0../s1. The van der Waals surface area contributed by atoms with Gasteiger partial charge >= 0.3 is 75.0 Å². The predicted molar refractivity (Wildman–Crippen MR) is 171 cm³/mol. The van der Waals surface area contributed by atoms with Gasteiger partial charge in [0.15, 0.2) is 28.0 Å². The topological polar surface area (TPSA) is 316 Å². The van der Waals surface area contributed by atoms with Gasteiger partial charge in [0.25, 0.3) is 11.8 Å². The van der Waals surface area contributed by atoms with Gasteiger partial charge in [0.1, 0.15) is 11.7 Å². The minimum absolute atomic E-state index is 0. The smallest absolute Gasteiger partial charge is 0.845 e. The summed E-state index contributed by atoms with van der Waals surface area (Å²) in [5.74, 6) is -4.78. The third kappa shape index (κ3) is 9.87. The van der Waals surface area contributed by atoms with Crippen LogP contribution < -0.4 is 91.5 Å². The van der Waals surface area contributed by atoms with Crippen molar-refractivity contribution < 1.29 is 102 Å². The van der Waals surface area contributed by atoms with Crippen LogP contribution in [-0.4, -0.2) is 114 Å². The summed E-state index contributed by atoms with van der Waals surface area (Å²) in [5.41, 5.74) is 0.733. The molecule has 26 heteroatoms. The van der Waals surface area contributed by atoms with Crippen molar-refractivity contribution in [2.75, 3.05) is 31.9 Å². The SMILES string of the molecule is CCN(CC)CCn1c(-c2cc(=O)c(O)c[nH]2)nn(S(=O)(=O)N=C([O-])N2C[C@H](NC(=O)/C(=N\OC(C)(C)C(=O)[O-])c3csc(N)n3)C2=O)c1=O.[Na+].[Na+]. The minimum Gasteiger partial charge on any atom is -0.845 e. The number of H-pyrrole nitrogens is 1. The van der Waals surface area contributed by atoms with Crippen LogP contribution in [0.3, 0.4) is 0 Å². The maximum absolute atomic E-state index is 13.3. The number of amides is 2. The van der Waals surface area contributed by atoms with Gasteiger partial charge in [-0.2, -0.15) is 8.42 Å². The second-order valence-corrected chi connectivity index (χ2v) is 13.3. The van der Waals surface area contributed by atoms with Crippen LogP contribution in [0.15, 0.2) is 36.8 Å². The average Bonchev–Trinajstić information content (AvgIpc) is 3.63. The van der Waals surface area contributed by atoms with Crippen LogP contribution in [-0.2, 0) is 36.0 Å².